The molecule has 0 radical (unpaired) electrons. The summed E-state index contributed by atoms with van der Waals surface area (Å²) >= 11 is -0.171. The summed E-state index contributed by atoms with van der Waals surface area (Å²) in [5.41, 5.74) is 6.24. The molecule has 0 aromatic carbocycles. The van der Waals surface area contributed by atoms with Gasteiger partial charge in [-0.2, -0.15) is 0 Å². The number of methoxy groups -OCH3 is 1. The standard InChI is InChI=1S/C9H14N2O2Se/c1-9(2,3)6-5(7(12)13-4)14-8(10)11-6/h1-4H3,(H2,10,11). The van der Waals surface area contributed by atoms with E-state index in [0.717, 1.165) is 5.69 Å². The molecule has 5 heteroatoms. The molecule has 2 N–H and O–H groups in total. The van der Waals surface area contributed by atoms with Crippen molar-refractivity contribution >= 4 is 25.2 Å². The third-order valence-corrected chi connectivity index (χ3v) is 3.54. The number of nitrogens with zero attached hydrogens (tertiary/aromatic N) is 1. The van der Waals surface area contributed by atoms with Crippen LogP contribution in [0.25, 0.3) is 0 Å². The zero-order chi connectivity index (χ0) is 10.9. The predicted octanol–water partition coefficient (Wildman–Crippen LogP) is 0.805. The summed E-state index contributed by atoms with van der Waals surface area (Å²) in [5.74, 6) is -0.306. The fourth-order valence-electron chi connectivity index (χ4n) is 1.08. The average molecular weight is 261 g/mol. The molecular formula is C9H14N2O2Se. The van der Waals surface area contributed by atoms with Crippen LogP contribution in [-0.4, -0.2) is 32.6 Å². The van der Waals surface area contributed by atoms with Crippen molar-refractivity contribution in [2.45, 2.75) is 26.2 Å². The normalized spacial score (nSPS) is 11.4. The van der Waals surface area contributed by atoms with Gasteiger partial charge in [0.2, 0.25) is 0 Å². The Bertz CT molecular complexity index is 352. The van der Waals surface area contributed by atoms with Gasteiger partial charge in [0, 0.05) is 0 Å². The Morgan fingerprint density at radius 1 is 1.50 bits per heavy atom. The van der Waals surface area contributed by atoms with Crippen LogP contribution in [0.4, 0.5) is 4.69 Å². The van der Waals surface area contributed by atoms with Gasteiger partial charge in [0.05, 0.1) is 0 Å². The Labute approximate surface area is 89.2 Å². The first-order chi connectivity index (χ1) is 6.36. The Hall–Kier alpha value is -0.801. The first kappa shape index (κ1) is 11.3. The SMILES string of the molecule is COC(=O)c1[se]c(N)nc1C(C)(C)C. The molecule has 0 amide bonds. The fourth-order valence-corrected chi connectivity index (χ4v) is 3.09. The Kier molecular flexibility index (Phi) is 3.02. The number of carbonyl (C=O) groups is 1. The van der Waals surface area contributed by atoms with Crippen molar-refractivity contribution in [3.8, 4) is 0 Å². The van der Waals surface area contributed by atoms with Crippen LogP contribution in [0.5, 0.6) is 0 Å². The number of rotatable bonds is 1. The topological polar surface area (TPSA) is 65.2 Å². The van der Waals surface area contributed by atoms with Gasteiger partial charge in [0.25, 0.3) is 0 Å². The summed E-state index contributed by atoms with van der Waals surface area (Å²) in [5, 5.41) is 0. The molecule has 0 fully saturated rings. The number of nitrogen functional groups attached to an aromatic ring is 1. The number of hydrogen-bond acceptors (Lipinski definition) is 4. The minimum absolute atomic E-state index is 0.160. The Morgan fingerprint density at radius 2 is 2.07 bits per heavy atom. The van der Waals surface area contributed by atoms with E-state index in [1.165, 1.54) is 7.11 Å². The number of nitrogens with two attached hydrogens (primary N) is 1. The molecule has 0 unspecified atom stereocenters. The Balaban J connectivity index is 3.23. The quantitative estimate of drug-likeness (QED) is 0.600. The molecule has 0 saturated heterocycles. The first-order valence-corrected chi connectivity index (χ1v) is 5.92. The third kappa shape index (κ3) is 2.16. The monoisotopic (exact) mass is 262 g/mol. The second kappa shape index (κ2) is 3.75. The summed E-state index contributed by atoms with van der Waals surface area (Å²) in [6.45, 7) is 6.01. The second-order valence-corrected chi connectivity index (χ2v) is 6.13. The van der Waals surface area contributed by atoms with Crippen LogP contribution >= 0.6 is 0 Å². The molecule has 14 heavy (non-hydrogen) atoms. The maximum absolute atomic E-state index is 11.4. The molecule has 0 spiro atoms. The van der Waals surface area contributed by atoms with Crippen molar-refractivity contribution in [2.24, 2.45) is 0 Å². The summed E-state index contributed by atoms with van der Waals surface area (Å²) in [6, 6.07) is 0. The molecule has 1 heterocycles. The van der Waals surface area contributed by atoms with Gasteiger partial charge >= 0.3 is 88.8 Å². The molecule has 0 bridgehead atoms. The van der Waals surface area contributed by atoms with E-state index in [4.69, 9.17) is 10.5 Å². The van der Waals surface area contributed by atoms with Crippen molar-refractivity contribution in [1.29, 1.82) is 0 Å². The maximum atomic E-state index is 11.4. The third-order valence-electron chi connectivity index (χ3n) is 1.72. The predicted molar refractivity (Wildman–Crippen MR) is 55.6 cm³/mol. The number of carbonyl (C=O) groups excluding carboxylic acids is 1. The molecule has 1 aromatic heterocycles. The van der Waals surface area contributed by atoms with E-state index >= 15 is 0 Å². The summed E-state index contributed by atoms with van der Waals surface area (Å²) < 4.78 is 5.89. The molecule has 0 aliphatic carbocycles. The van der Waals surface area contributed by atoms with E-state index < -0.39 is 0 Å². The molecule has 4 nitrogen and oxygen atoms in total. The van der Waals surface area contributed by atoms with Gasteiger partial charge in [-0.25, -0.2) is 0 Å². The summed E-state index contributed by atoms with van der Waals surface area (Å²) in [6.07, 6.45) is 0. The summed E-state index contributed by atoms with van der Waals surface area (Å²) in [7, 11) is 1.38. The van der Waals surface area contributed by atoms with Gasteiger partial charge in [-0.05, 0) is 0 Å². The fraction of sp³-hybridized carbons (Fsp3) is 0.556. The second-order valence-electron chi connectivity index (χ2n) is 3.97. The van der Waals surface area contributed by atoms with Crippen LogP contribution in [0.15, 0.2) is 0 Å². The number of esters is 1. The first-order valence-electron chi connectivity index (χ1n) is 4.21. The Morgan fingerprint density at radius 3 is 2.50 bits per heavy atom. The number of aromatic nitrogens is 1. The average Bonchev–Trinajstić information content (AvgIpc) is 2.45. The van der Waals surface area contributed by atoms with Crippen LogP contribution in [-0.2, 0) is 10.2 Å². The zero-order valence-corrected chi connectivity index (χ0v) is 10.5. The van der Waals surface area contributed by atoms with Crippen LogP contribution in [0.1, 0.15) is 35.7 Å². The van der Waals surface area contributed by atoms with Crippen molar-refractivity contribution in [2.75, 3.05) is 12.8 Å². The van der Waals surface area contributed by atoms with E-state index in [1.807, 2.05) is 20.8 Å². The number of hydrogen-bond donors (Lipinski definition) is 1. The number of ether oxygens (including phenoxy) is 1. The van der Waals surface area contributed by atoms with Gasteiger partial charge in [0.1, 0.15) is 0 Å². The molecule has 78 valence electrons. The van der Waals surface area contributed by atoms with Crippen LogP contribution in [0.3, 0.4) is 0 Å². The van der Waals surface area contributed by atoms with Crippen LogP contribution < -0.4 is 5.73 Å². The van der Waals surface area contributed by atoms with Gasteiger partial charge in [0.15, 0.2) is 0 Å². The molecule has 0 saturated carbocycles. The van der Waals surface area contributed by atoms with Crippen molar-refractivity contribution in [1.82, 2.24) is 4.98 Å². The van der Waals surface area contributed by atoms with Crippen LogP contribution in [0, 0.1) is 0 Å². The van der Waals surface area contributed by atoms with Crippen molar-refractivity contribution in [3.05, 3.63) is 10.1 Å². The van der Waals surface area contributed by atoms with E-state index in [9.17, 15) is 4.79 Å². The molecule has 0 aliphatic rings. The van der Waals surface area contributed by atoms with Gasteiger partial charge in [-0.15, -0.1) is 0 Å². The zero-order valence-electron chi connectivity index (χ0n) is 8.75. The van der Waals surface area contributed by atoms with E-state index in [2.05, 4.69) is 4.98 Å². The molecule has 0 atom stereocenters. The van der Waals surface area contributed by atoms with E-state index in [1.54, 1.807) is 0 Å². The van der Waals surface area contributed by atoms with Gasteiger partial charge in [-0.3, -0.25) is 0 Å². The van der Waals surface area contributed by atoms with E-state index in [0.29, 0.717) is 9.13 Å². The minimum atomic E-state index is -0.306. The molecule has 0 aliphatic heterocycles. The molecular weight excluding hydrogens is 247 g/mol. The number of anilines is 1. The van der Waals surface area contributed by atoms with Crippen LogP contribution in [0.2, 0.25) is 0 Å². The van der Waals surface area contributed by atoms with E-state index in [-0.39, 0.29) is 25.9 Å². The summed E-state index contributed by atoms with van der Waals surface area (Å²) in [4.78, 5) is 15.6. The van der Waals surface area contributed by atoms with Crippen molar-refractivity contribution < 1.29 is 9.53 Å². The molecule has 1 rings (SSSR count). The van der Waals surface area contributed by atoms with Gasteiger partial charge in [-0.1, -0.05) is 0 Å². The molecule has 1 aromatic rings. The van der Waals surface area contributed by atoms with Crippen molar-refractivity contribution in [3.63, 3.8) is 0 Å². The van der Waals surface area contributed by atoms with Gasteiger partial charge < -0.3 is 0 Å².